The van der Waals surface area contributed by atoms with E-state index in [1.54, 1.807) is 12.2 Å². The molecule has 0 unspecified atom stereocenters. The summed E-state index contributed by atoms with van der Waals surface area (Å²) in [5.74, 6) is 0.169. The Labute approximate surface area is 50.4 Å². The van der Waals surface area contributed by atoms with Crippen molar-refractivity contribution in [3.05, 3.63) is 19.1 Å². The quantitative estimate of drug-likeness (QED) is 0.507. The first-order chi connectivity index (χ1) is 3.81. The third kappa shape index (κ3) is 3.59. The Morgan fingerprint density at radius 3 is 2.75 bits per heavy atom. The van der Waals surface area contributed by atoms with Gasteiger partial charge in [-0.2, -0.15) is 0 Å². The molecule has 0 amide bonds. The lowest BCUT2D eigenvalue weighted by molar-refractivity contribution is -0.114. The summed E-state index contributed by atoms with van der Waals surface area (Å²) >= 11 is 0. The first-order valence-corrected chi connectivity index (χ1v) is 2.76. The number of hydrogen-bond donors (Lipinski definition) is 0. The number of hydrogen-bond acceptors (Lipinski definition) is 1. The van der Waals surface area contributed by atoms with E-state index in [9.17, 15) is 4.79 Å². The first-order valence-electron chi connectivity index (χ1n) is 2.76. The lowest BCUT2D eigenvalue weighted by atomic mass is 10.2. The molecule has 0 aromatic rings. The molecule has 0 bridgehead atoms. The average molecular weight is 111 g/mol. The first kappa shape index (κ1) is 7.41. The molecular weight excluding hydrogens is 100 g/mol. The number of carbonyl (C=O) groups excluding carboxylic acids is 1. The number of carbonyl (C=O) groups is 1. The molecule has 0 spiro atoms. The van der Waals surface area contributed by atoms with Crippen LogP contribution in [0.5, 0.6) is 0 Å². The van der Waals surface area contributed by atoms with Crippen LogP contribution in [0.2, 0.25) is 0 Å². The lowest BCUT2D eigenvalue weighted by Crippen LogP contribution is -1.88. The van der Waals surface area contributed by atoms with E-state index in [-0.39, 0.29) is 5.78 Å². The Morgan fingerprint density at radius 1 is 1.75 bits per heavy atom. The van der Waals surface area contributed by atoms with Crippen LogP contribution in [0, 0.1) is 6.92 Å². The van der Waals surface area contributed by atoms with Gasteiger partial charge in [0.05, 0.1) is 0 Å². The van der Waals surface area contributed by atoms with Crippen molar-refractivity contribution in [3.63, 3.8) is 0 Å². The maximum absolute atomic E-state index is 10.5. The second-order valence-corrected chi connectivity index (χ2v) is 1.57. The van der Waals surface area contributed by atoms with Crippen LogP contribution < -0.4 is 0 Å². The van der Waals surface area contributed by atoms with Gasteiger partial charge in [-0.05, 0) is 19.4 Å². The van der Waals surface area contributed by atoms with Crippen molar-refractivity contribution in [2.45, 2.75) is 19.8 Å². The van der Waals surface area contributed by atoms with E-state index in [0.717, 1.165) is 0 Å². The molecule has 0 N–H and O–H groups in total. The van der Waals surface area contributed by atoms with Crippen molar-refractivity contribution < 1.29 is 4.79 Å². The van der Waals surface area contributed by atoms with Gasteiger partial charge >= 0.3 is 0 Å². The van der Waals surface area contributed by atoms with Gasteiger partial charge in [0.2, 0.25) is 0 Å². The van der Waals surface area contributed by atoms with Crippen LogP contribution in [0.4, 0.5) is 0 Å². The fourth-order valence-electron chi connectivity index (χ4n) is 0.443. The van der Waals surface area contributed by atoms with Crippen molar-refractivity contribution in [1.82, 2.24) is 0 Å². The van der Waals surface area contributed by atoms with Crippen molar-refractivity contribution in [2.75, 3.05) is 0 Å². The topological polar surface area (TPSA) is 17.1 Å². The number of allylic oxidation sites excluding steroid dienone is 2. The van der Waals surface area contributed by atoms with Gasteiger partial charge in [0.1, 0.15) is 0 Å². The molecule has 0 heterocycles. The molecule has 45 valence electrons. The monoisotopic (exact) mass is 111 g/mol. The van der Waals surface area contributed by atoms with Crippen molar-refractivity contribution in [1.29, 1.82) is 0 Å². The molecule has 1 nitrogen and oxygen atoms in total. The molecule has 0 aliphatic carbocycles. The van der Waals surface area contributed by atoms with Gasteiger partial charge < -0.3 is 0 Å². The van der Waals surface area contributed by atoms with Gasteiger partial charge in [0, 0.05) is 6.42 Å². The standard InChI is InChI=1S/C7H11O/c1-3-5-7(8)6-4-2/h4,6H,1,3,5H2,2H3. The largest absolute Gasteiger partial charge is 0.295 e. The molecular formula is C7H11O. The summed E-state index contributed by atoms with van der Waals surface area (Å²) < 4.78 is 0. The zero-order valence-corrected chi connectivity index (χ0v) is 5.18. The van der Waals surface area contributed by atoms with Crippen LogP contribution in [-0.2, 0) is 4.79 Å². The molecule has 0 fully saturated rings. The molecule has 0 aliphatic heterocycles. The van der Waals surface area contributed by atoms with Crippen LogP contribution in [0.15, 0.2) is 12.2 Å². The molecule has 1 radical (unpaired) electrons. The van der Waals surface area contributed by atoms with Gasteiger partial charge in [-0.15, -0.1) is 0 Å². The van der Waals surface area contributed by atoms with Gasteiger partial charge in [-0.25, -0.2) is 0 Å². The van der Waals surface area contributed by atoms with Crippen LogP contribution in [0.3, 0.4) is 0 Å². The highest BCUT2D eigenvalue weighted by molar-refractivity contribution is 5.89. The molecule has 0 aromatic heterocycles. The number of rotatable bonds is 3. The summed E-state index contributed by atoms with van der Waals surface area (Å²) in [4.78, 5) is 10.5. The van der Waals surface area contributed by atoms with Crippen LogP contribution in [-0.4, -0.2) is 5.78 Å². The molecule has 0 rings (SSSR count). The minimum Gasteiger partial charge on any atom is -0.295 e. The maximum atomic E-state index is 10.5. The third-order valence-corrected chi connectivity index (χ3v) is 0.776. The maximum Gasteiger partial charge on any atom is 0.155 e. The van der Waals surface area contributed by atoms with Crippen LogP contribution >= 0.6 is 0 Å². The van der Waals surface area contributed by atoms with Crippen molar-refractivity contribution >= 4 is 5.78 Å². The molecule has 1 heteroatoms. The second-order valence-electron chi connectivity index (χ2n) is 1.57. The third-order valence-electron chi connectivity index (χ3n) is 0.776. The summed E-state index contributed by atoms with van der Waals surface area (Å²) in [6.45, 7) is 5.39. The van der Waals surface area contributed by atoms with Crippen molar-refractivity contribution in [3.8, 4) is 0 Å². The van der Waals surface area contributed by atoms with E-state index in [1.807, 2.05) is 6.92 Å². The molecule has 0 aliphatic rings. The van der Waals surface area contributed by atoms with E-state index in [2.05, 4.69) is 6.92 Å². The average Bonchev–Trinajstić information content (AvgIpc) is 1.68. The van der Waals surface area contributed by atoms with Gasteiger partial charge in [0.15, 0.2) is 5.78 Å². The minimum atomic E-state index is 0.169. The molecule has 0 aromatic carbocycles. The predicted molar refractivity (Wildman–Crippen MR) is 34.4 cm³/mol. The van der Waals surface area contributed by atoms with E-state index in [4.69, 9.17) is 0 Å². The highest BCUT2D eigenvalue weighted by Crippen LogP contribution is 1.88. The Balaban J connectivity index is 3.33. The van der Waals surface area contributed by atoms with E-state index in [1.165, 1.54) is 0 Å². The smallest absolute Gasteiger partial charge is 0.155 e. The summed E-state index contributed by atoms with van der Waals surface area (Å²) in [6, 6.07) is 0. The van der Waals surface area contributed by atoms with Crippen LogP contribution in [0.25, 0.3) is 0 Å². The van der Waals surface area contributed by atoms with Crippen LogP contribution in [0.1, 0.15) is 19.8 Å². The van der Waals surface area contributed by atoms with Gasteiger partial charge in [-0.3, -0.25) is 4.79 Å². The summed E-state index contributed by atoms with van der Waals surface area (Å²) in [5.41, 5.74) is 0. The number of ketones is 1. The highest BCUT2D eigenvalue weighted by Gasteiger charge is 1.89. The minimum absolute atomic E-state index is 0.169. The molecule has 8 heavy (non-hydrogen) atoms. The zero-order valence-electron chi connectivity index (χ0n) is 5.18. The Kier molecular flexibility index (Phi) is 4.23. The van der Waals surface area contributed by atoms with Gasteiger partial charge in [0.25, 0.3) is 0 Å². The molecule has 0 atom stereocenters. The zero-order chi connectivity index (χ0) is 6.41. The Hall–Kier alpha value is -0.590. The SMILES string of the molecule is [CH2]CCC(=O)C=CC. The lowest BCUT2D eigenvalue weighted by Gasteiger charge is -1.84. The predicted octanol–water partition coefficient (Wildman–Crippen LogP) is 1.75. The fourth-order valence-corrected chi connectivity index (χ4v) is 0.443. The summed E-state index contributed by atoms with van der Waals surface area (Å²) in [7, 11) is 0. The fraction of sp³-hybridized carbons (Fsp3) is 0.429. The van der Waals surface area contributed by atoms with E-state index in [0.29, 0.717) is 12.8 Å². The normalized spacial score (nSPS) is 10.2. The van der Waals surface area contributed by atoms with Gasteiger partial charge in [-0.1, -0.05) is 13.0 Å². The molecule has 0 saturated heterocycles. The Morgan fingerprint density at radius 2 is 2.38 bits per heavy atom. The highest BCUT2D eigenvalue weighted by atomic mass is 16.1. The van der Waals surface area contributed by atoms with Crippen molar-refractivity contribution in [2.24, 2.45) is 0 Å². The summed E-state index contributed by atoms with van der Waals surface area (Å²) in [5, 5.41) is 0. The molecule has 0 saturated carbocycles. The second kappa shape index (κ2) is 4.57. The Bertz CT molecular complexity index is 92.6. The van der Waals surface area contributed by atoms with E-state index >= 15 is 0 Å². The van der Waals surface area contributed by atoms with E-state index < -0.39 is 0 Å². The summed E-state index contributed by atoms with van der Waals surface area (Å²) in [6.07, 6.45) is 4.59.